The van der Waals surface area contributed by atoms with Crippen LogP contribution in [0.25, 0.3) is 71.6 Å². The molecule has 0 amide bonds. The molecular formula is C42H24N6. The van der Waals surface area contributed by atoms with E-state index in [-0.39, 0.29) is 0 Å². The monoisotopic (exact) mass is 612 g/mol. The molecule has 6 heteroatoms. The molecule has 3 heterocycles. The number of pyridine rings is 3. The molecule has 222 valence electrons. The van der Waals surface area contributed by atoms with Gasteiger partial charge in [0.05, 0.1) is 17.7 Å². The van der Waals surface area contributed by atoms with Crippen LogP contribution in [0.2, 0.25) is 0 Å². The largest absolute Gasteiger partial charge is 0.276 e. The molecule has 0 saturated heterocycles. The van der Waals surface area contributed by atoms with Gasteiger partial charge in [0.25, 0.3) is 0 Å². The van der Waals surface area contributed by atoms with E-state index < -0.39 is 0 Å². The Balaban J connectivity index is 1.38. The molecule has 0 bridgehead atoms. The van der Waals surface area contributed by atoms with Gasteiger partial charge in [-0.3, -0.25) is 15.0 Å². The van der Waals surface area contributed by atoms with Crippen LogP contribution in [-0.4, -0.2) is 15.0 Å². The molecule has 7 rings (SSSR count). The normalized spacial score (nSPS) is 10.4. The average molecular weight is 613 g/mol. The summed E-state index contributed by atoms with van der Waals surface area (Å²) in [5.41, 5.74) is 13.2. The zero-order valence-corrected chi connectivity index (χ0v) is 25.5. The molecule has 0 saturated carbocycles. The number of nitriles is 2. The minimum atomic E-state index is 0.493. The lowest BCUT2D eigenvalue weighted by molar-refractivity contribution is 1.30. The molecule has 0 aliphatic heterocycles. The Kier molecular flexibility index (Phi) is 8.01. The van der Waals surface area contributed by atoms with E-state index in [4.69, 9.17) is 6.57 Å². The molecule has 6 nitrogen and oxygen atoms in total. The predicted molar refractivity (Wildman–Crippen MR) is 188 cm³/mol. The van der Waals surface area contributed by atoms with Crippen molar-refractivity contribution in [2.45, 2.75) is 0 Å². The minimum Gasteiger partial charge on any atom is -0.276 e. The number of benzene rings is 4. The third kappa shape index (κ3) is 6.17. The van der Waals surface area contributed by atoms with Crippen molar-refractivity contribution in [1.82, 2.24) is 15.0 Å². The fourth-order valence-corrected chi connectivity index (χ4v) is 5.73. The number of nitrogens with zero attached hydrogens (tertiary/aromatic N) is 6. The molecule has 3 aromatic heterocycles. The quantitative estimate of drug-likeness (QED) is 0.174. The molecule has 0 radical (unpaired) electrons. The van der Waals surface area contributed by atoms with Crippen LogP contribution in [0.4, 0.5) is 5.69 Å². The maximum absolute atomic E-state index is 9.43. The highest BCUT2D eigenvalue weighted by atomic mass is 14.7. The van der Waals surface area contributed by atoms with Gasteiger partial charge in [-0.15, -0.1) is 0 Å². The summed E-state index contributed by atoms with van der Waals surface area (Å²) in [5.74, 6) is 0. The van der Waals surface area contributed by atoms with Gasteiger partial charge in [0.1, 0.15) is 12.1 Å². The zero-order valence-electron chi connectivity index (χ0n) is 25.5. The molecule has 0 fully saturated rings. The van der Waals surface area contributed by atoms with Crippen molar-refractivity contribution in [2.24, 2.45) is 0 Å². The Bertz CT molecular complexity index is 2170. The van der Waals surface area contributed by atoms with Gasteiger partial charge in [-0.05, 0) is 110 Å². The third-order valence-corrected chi connectivity index (χ3v) is 8.11. The summed E-state index contributed by atoms with van der Waals surface area (Å²) in [5, 5.41) is 18.9. The fourth-order valence-electron chi connectivity index (χ4n) is 5.73. The first-order valence-corrected chi connectivity index (χ1v) is 15.1. The second kappa shape index (κ2) is 13.0. The summed E-state index contributed by atoms with van der Waals surface area (Å²) in [4.78, 5) is 16.4. The summed E-state index contributed by atoms with van der Waals surface area (Å²) >= 11 is 0. The van der Waals surface area contributed by atoms with E-state index in [0.717, 1.165) is 66.8 Å². The first-order valence-electron chi connectivity index (χ1n) is 15.1. The molecule has 48 heavy (non-hydrogen) atoms. The highest BCUT2D eigenvalue weighted by molar-refractivity contribution is 5.85. The van der Waals surface area contributed by atoms with E-state index >= 15 is 0 Å². The summed E-state index contributed by atoms with van der Waals surface area (Å²) < 4.78 is 0. The van der Waals surface area contributed by atoms with Gasteiger partial charge in [-0.25, -0.2) is 4.85 Å². The van der Waals surface area contributed by atoms with E-state index in [0.29, 0.717) is 16.8 Å². The van der Waals surface area contributed by atoms with Gasteiger partial charge in [0.15, 0.2) is 0 Å². The topological polar surface area (TPSA) is 90.6 Å². The van der Waals surface area contributed by atoms with Crippen molar-refractivity contribution in [3.63, 3.8) is 0 Å². The van der Waals surface area contributed by atoms with E-state index in [1.165, 1.54) is 0 Å². The summed E-state index contributed by atoms with van der Waals surface area (Å²) in [6.45, 7) is 7.42. The maximum Gasteiger partial charge on any atom is 0.205 e. The minimum absolute atomic E-state index is 0.493. The Labute approximate surface area is 278 Å². The number of rotatable bonds is 6. The van der Waals surface area contributed by atoms with Crippen LogP contribution >= 0.6 is 0 Å². The van der Waals surface area contributed by atoms with Crippen molar-refractivity contribution in [3.05, 3.63) is 169 Å². The predicted octanol–water partition coefficient (Wildman–Crippen LogP) is 10.2. The first kappa shape index (κ1) is 29.5. The number of aromatic nitrogens is 3. The Morgan fingerprint density at radius 2 is 0.729 bits per heavy atom. The van der Waals surface area contributed by atoms with Crippen molar-refractivity contribution in [1.29, 1.82) is 10.5 Å². The van der Waals surface area contributed by atoms with Crippen LogP contribution in [0.15, 0.2) is 146 Å². The third-order valence-electron chi connectivity index (χ3n) is 8.11. The summed E-state index contributed by atoms with van der Waals surface area (Å²) in [7, 11) is 0. The van der Waals surface area contributed by atoms with Gasteiger partial charge >= 0.3 is 0 Å². The van der Waals surface area contributed by atoms with Crippen LogP contribution in [0.5, 0.6) is 0 Å². The Morgan fingerprint density at radius 3 is 1.10 bits per heavy atom. The van der Waals surface area contributed by atoms with Crippen LogP contribution < -0.4 is 0 Å². The lowest BCUT2D eigenvalue weighted by Crippen LogP contribution is -1.89. The van der Waals surface area contributed by atoms with E-state index in [1.807, 2.05) is 54.6 Å². The zero-order chi connectivity index (χ0) is 32.9. The van der Waals surface area contributed by atoms with E-state index in [1.54, 1.807) is 37.2 Å². The van der Waals surface area contributed by atoms with Gasteiger partial charge in [-0.1, -0.05) is 54.6 Å². The van der Waals surface area contributed by atoms with Crippen molar-refractivity contribution < 1.29 is 0 Å². The van der Waals surface area contributed by atoms with Gasteiger partial charge in [-0.2, -0.15) is 10.5 Å². The Hall–Kier alpha value is -7.20. The van der Waals surface area contributed by atoms with Crippen molar-refractivity contribution in [2.75, 3.05) is 0 Å². The molecule has 0 aliphatic rings. The van der Waals surface area contributed by atoms with Gasteiger partial charge < -0.3 is 0 Å². The SMILES string of the molecule is [C-]#[N+]c1cncc(-c2cccc(-c3cc(-c4cccc(-c5cncc(C#N)c5)c4)cc(-c4cccc(-c5cncc(C#N)c5)c4)c3)c2)c1. The highest BCUT2D eigenvalue weighted by Gasteiger charge is 2.12. The van der Waals surface area contributed by atoms with Crippen LogP contribution in [0, 0.1) is 29.2 Å². The number of hydrogen-bond acceptors (Lipinski definition) is 5. The maximum atomic E-state index is 9.43. The summed E-state index contributed by atoms with van der Waals surface area (Å²) in [6.07, 6.45) is 10.0. The van der Waals surface area contributed by atoms with Crippen molar-refractivity contribution >= 4 is 5.69 Å². The second-order valence-electron chi connectivity index (χ2n) is 11.2. The molecular weight excluding hydrogens is 589 g/mol. The smallest absolute Gasteiger partial charge is 0.205 e. The molecule has 0 atom stereocenters. The van der Waals surface area contributed by atoms with Gasteiger partial charge in [0.2, 0.25) is 5.69 Å². The molecule has 0 spiro atoms. The Morgan fingerprint density at radius 1 is 0.396 bits per heavy atom. The van der Waals surface area contributed by atoms with E-state index in [9.17, 15) is 10.5 Å². The lowest BCUT2D eigenvalue weighted by atomic mass is 9.90. The number of hydrogen-bond donors (Lipinski definition) is 0. The standard InChI is InChI=1S/C42H24N6/c1-45-42-19-41(26-48-27-42)35-10-4-7-32(15-35)38-17-36(30-5-2-8-33(13-30)39-11-28(20-43)22-46-24-39)16-37(18-38)31-6-3-9-34(14-31)40-12-29(21-44)23-47-25-40/h2-19,22-27H. The van der Waals surface area contributed by atoms with Crippen LogP contribution in [0.1, 0.15) is 11.1 Å². The first-order chi connectivity index (χ1) is 23.6. The lowest BCUT2D eigenvalue weighted by Gasteiger charge is -2.14. The molecule has 0 unspecified atom stereocenters. The molecule has 4 aromatic carbocycles. The van der Waals surface area contributed by atoms with Crippen molar-refractivity contribution in [3.8, 4) is 78.9 Å². The highest BCUT2D eigenvalue weighted by Crippen LogP contribution is 2.37. The average Bonchev–Trinajstić information content (AvgIpc) is 3.18. The molecule has 7 aromatic rings. The summed E-state index contributed by atoms with van der Waals surface area (Å²) in [6, 6.07) is 41.2. The van der Waals surface area contributed by atoms with Gasteiger partial charge in [0, 0.05) is 48.3 Å². The van der Waals surface area contributed by atoms with Crippen LogP contribution in [0.3, 0.4) is 0 Å². The van der Waals surface area contributed by atoms with E-state index in [2.05, 4.69) is 86.5 Å². The molecule has 0 N–H and O–H groups in total. The fraction of sp³-hybridized carbons (Fsp3) is 0. The van der Waals surface area contributed by atoms with Crippen LogP contribution in [-0.2, 0) is 0 Å². The molecule has 0 aliphatic carbocycles. The second-order valence-corrected chi connectivity index (χ2v) is 11.2.